The molecule has 0 radical (unpaired) electrons. The number of carbonyl (C=O) groups is 1. The van der Waals surface area contributed by atoms with Gasteiger partial charge in [-0.3, -0.25) is 4.79 Å². The average molecular weight is 378 g/mol. The molecule has 1 aromatic carbocycles. The smallest absolute Gasteiger partial charge is 0.243 e. The molecular weight excluding hydrogens is 350 g/mol. The number of rotatable bonds is 5. The summed E-state index contributed by atoms with van der Waals surface area (Å²) in [4.78, 5) is 12.6. The highest BCUT2D eigenvalue weighted by Crippen LogP contribution is 2.26. The molecule has 26 heavy (non-hydrogen) atoms. The molecule has 0 spiro atoms. The molecule has 1 amide bonds. The molecule has 0 bridgehead atoms. The van der Waals surface area contributed by atoms with Crippen molar-refractivity contribution >= 4 is 26.8 Å². The molecular formula is C19H27N3O3S. The highest BCUT2D eigenvalue weighted by atomic mass is 32.2. The van der Waals surface area contributed by atoms with E-state index in [0.717, 1.165) is 17.3 Å². The predicted molar refractivity (Wildman–Crippen MR) is 102 cm³/mol. The molecule has 3 rings (SSSR count). The molecule has 0 aliphatic carbocycles. The van der Waals surface area contributed by atoms with Gasteiger partial charge in [-0.05, 0) is 50.5 Å². The molecule has 7 heteroatoms. The number of aryl methyl sites for hydroxylation is 1. The van der Waals surface area contributed by atoms with Crippen LogP contribution >= 0.6 is 0 Å². The molecule has 1 aromatic heterocycles. The molecule has 0 unspecified atom stereocenters. The van der Waals surface area contributed by atoms with Crippen molar-refractivity contribution in [3.8, 4) is 0 Å². The van der Waals surface area contributed by atoms with E-state index in [9.17, 15) is 13.2 Å². The highest BCUT2D eigenvalue weighted by Gasteiger charge is 2.32. The van der Waals surface area contributed by atoms with Crippen LogP contribution in [-0.4, -0.2) is 42.3 Å². The lowest BCUT2D eigenvalue weighted by molar-refractivity contribution is -0.126. The number of piperidine rings is 1. The van der Waals surface area contributed by atoms with Crippen molar-refractivity contribution in [3.63, 3.8) is 0 Å². The maximum absolute atomic E-state index is 13.0. The van der Waals surface area contributed by atoms with Gasteiger partial charge in [-0.15, -0.1) is 0 Å². The maximum Gasteiger partial charge on any atom is 0.243 e. The second-order valence-corrected chi connectivity index (χ2v) is 9.08. The van der Waals surface area contributed by atoms with Crippen LogP contribution in [-0.2, 0) is 21.9 Å². The Morgan fingerprint density at radius 2 is 1.96 bits per heavy atom. The molecule has 2 heterocycles. The molecule has 1 atom stereocenters. The van der Waals surface area contributed by atoms with E-state index >= 15 is 0 Å². The van der Waals surface area contributed by atoms with Gasteiger partial charge in [-0.2, -0.15) is 4.31 Å². The van der Waals surface area contributed by atoms with E-state index in [-0.39, 0.29) is 17.9 Å². The molecule has 2 aromatic rings. The third-order valence-electron chi connectivity index (χ3n) is 5.32. The Morgan fingerprint density at radius 1 is 1.27 bits per heavy atom. The summed E-state index contributed by atoms with van der Waals surface area (Å²) in [5.41, 5.74) is 1.00. The summed E-state index contributed by atoms with van der Waals surface area (Å²) in [6.45, 7) is 4.78. The minimum atomic E-state index is -3.53. The predicted octanol–water partition coefficient (Wildman–Crippen LogP) is 2.49. The van der Waals surface area contributed by atoms with Gasteiger partial charge in [-0.1, -0.05) is 6.92 Å². The van der Waals surface area contributed by atoms with Crippen LogP contribution in [0.4, 0.5) is 0 Å². The van der Waals surface area contributed by atoms with Crippen molar-refractivity contribution in [3.05, 3.63) is 30.5 Å². The summed E-state index contributed by atoms with van der Waals surface area (Å²) in [6.07, 6.45) is 3.94. The Kier molecular flexibility index (Phi) is 5.39. The topological polar surface area (TPSA) is 71.4 Å². The molecule has 6 nitrogen and oxygen atoms in total. The second-order valence-electron chi connectivity index (χ2n) is 7.14. The van der Waals surface area contributed by atoms with Crippen LogP contribution in [0.5, 0.6) is 0 Å². The number of amides is 1. The minimum Gasteiger partial charge on any atom is -0.353 e. The van der Waals surface area contributed by atoms with Gasteiger partial charge in [0.15, 0.2) is 0 Å². The molecule has 1 saturated heterocycles. The lowest BCUT2D eigenvalue weighted by Crippen LogP contribution is -2.44. The zero-order valence-electron chi connectivity index (χ0n) is 15.6. The first-order valence-electron chi connectivity index (χ1n) is 9.18. The second kappa shape index (κ2) is 7.40. The zero-order chi connectivity index (χ0) is 18.9. The van der Waals surface area contributed by atoms with Gasteiger partial charge < -0.3 is 9.88 Å². The highest BCUT2D eigenvalue weighted by molar-refractivity contribution is 7.89. The largest absolute Gasteiger partial charge is 0.353 e. The lowest BCUT2D eigenvalue weighted by atomic mass is 9.97. The molecule has 1 aliphatic heterocycles. The first-order valence-corrected chi connectivity index (χ1v) is 10.6. The van der Waals surface area contributed by atoms with E-state index in [1.165, 1.54) is 4.31 Å². The summed E-state index contributed by atoms with van der Waals surface area (Å²) in [5.74, 6) is -0.0610. The summed E-state index contributed by atoms with van der Waals surface area (Å²) in [5, 5.41) is 3.91. The van der Waals surface area contributed by atoms with Gasteiger partial charge >= 0.3 is 0 Å². The Labute approximate surface area is 155 Å². The number of nitrogens with zero attached hydrogens (tertiary/aromatic N) is 2. The van der Waals surface area contributed by atoms with Gasteiger partial charge in [0.25, 0.3) is 0 Å². The number of nitrogens with one attached hydrogen (secondary N) is 1. The molecule has 1 aliphatic rings. The Morgan fingerprint density at radius 3 is 2.62 bits per heavy atom. The Bertz CT molecular complexity index is 896. The van der Waals surface area contributed by atoms with Crippen LogP contribution < -0.4 is 5.32 Å². The monoisotopic (exact) mass is 377 g/mol. The number of carbonyl (C=O) groups excluding carboxylic acids is 1. The average Bonchev–Trinajstić information content (AvgIpc) is 3.02. The number of benzene rings is 1. The third-order valence-corrected chi connectivity index (χ3v) is 7.21. The standard InChI is InChI=1S/C19H27N3O3S/c1-4-14(2)20-19(23)15-8-11-22(12-9-15)26(24,25)17-5-6-18-16(13-17)7-10-21(18)3/h5-7,10,13-15H,4,8-9,11-12H2,1-3H3,(H,20,23)/t14-/m0/s1. The van der Waals surface area contributed by atoms with Crippen LogP contribution in [0.3, 0.4) is 0 Å². The fourth-order valence-electron chi connectivity index (χ4n) is 3.39. The minimum absolute atomic E-state index is 0.0436. The van der Waals surface area contributed by atoms with Crippen LogP contribution in [0.1, 0.15) is 33.1 Å². The first-order chi connectivity index (χ1) is 12.3. The third kappa shape index (κ3) is 3.64. The van der Waals surface area contributed by atoms with Crippen molar-refractivity contribution < 1.29 is 13.2 Å². The SMILES string of the molecule is CC[C@H](C)NC(=O)C1CCN(S(=O)(=O)c2ccc3c(ccn3C)c2)CC1. The summed E-state index contributed by atoms with van der Waals surface area (Å²) in [7, 11) is -1.59. The van der Waals surface area contributed by atoms with Crippen molar-refractivity contribution in [1.29, 1.82) is 0 Å². The van der Waals surface area contributed by atoms with E-state index in [1.54, 1.807) is 12.1 Å². The van der Waals surface area contributed by atoms with Crippen molar-refractivity contribution in [2.24, 2.45) is 13.0 Å². The van der Waals surface area contributed by atoms with Gasteiger partial charge in [-0.25, -0.2) is 8.42 Å². The fourth-order valence-corrected chi connectivity index (χ4v) is 4.90. The van der Waals surface area contributed by atoms with Crippen molar-refractivity contribution in [2.45, 2.75) is 44.0 Å². The Balaban J connectivity index is 1.70. The van der Waals surface area contributed by atoms with Crippen LogP contribution in [0, 0.1) is 5.92 Å². The van der Waals surface area contributed by atoms with Gasteiger partial charge in [0, 0.05) is 49.2 Å². The van der Waals surface area contributed by atoms with E-state index in [1.807, 2.05) is 43.8 Å². The Hall–Kier alpha value is -1.86. The fraction of sp³-hybridized carbons (Fsp3) is 0.526. The van der Waals surface area contributed by atoms with Crippen LogP contribution in [0.2, 0.25) is 0 Å². The number of hydrogen-bond acceptors (Lipinski definition) is 3. The van der Waals surface area contributed by atoms with E-state index in [4.69, 9.17) is 0 Å². The van der Waals surface area contributed by atoms with Crippen molar-refractivity contribution in [2.75, 3.05) is 13.1 Å². The molecule has 142 valence electrons. The van der Waals surface area contributed by atoms with E-state index in [0.29, 0.717) is 30.8 Å². The maximum atomic E-state index is 13.0. The number of hydrogen-bond donors (Lipinski definition) is 1. The quantitative estimate of drug-likeness (QED) is 0.870. The normalized spacial score (nSPS) is 18.1. The summed E-state index contributed by atoms with van der Waals surface area (Å²) < 4.78 is 29.4. The van der Waals surface area contributed by atoms with Gasteiger partial charge in [0.05, 0.1) is 4.90 Å². The van der Waals surface area contributed by atoms with Gasteiger partial charge in [0.1, 0.15) is 0 Å². The zero-order valence-corrected chi connectivity index (χ0v) is 16.4. The van der Waals surface area contributed by atoms with Gasteiger partial charge in [0.2, 0.25) is 15.9 Å². The van der Waals surface area contributed by atoms with E-state index in [2.05, 4.69) is 5.32 Å². The van der Waals surface area contributed by atoms with Crippen LogP contribution in [0.25, 0.3) is 10.9 Å². The number of aromatic nitrogens is 1. The summed E-state index contributed by atoms with van der Waals surface area (Å²) in [6, 6.07) is 7.31. The van der Waals surface area contributed by atoms with Crippen molar-refractivity contribution in [1.82, 2.24) is 14.2 Å². The first kappa shape index (κ1) is 18.9. The number of fused-ring (bicyclic) bond motifs is 1. The molecule has 1 N–H and O–H groups in total. The lowest BCUT2D eigenvalue weighted by Gasteiger charge is -2.31. The van der Waals surface area contributed by atoms with E-state index < -0.39 is 10.0 Å². The summed E-state index contributed by atoms with van der Waals surface area (Å²) >= 11 is 0. The molecule has 0 saturated carbocycles. The van der Waals surface area contributed by atoms with Crippen LogP contribution in [0.15, 0.2) is 35.4 Å². The number of sulfonamides is 1. The molecule has 1 fully saturated rings.